The first-order valence-corrected chi connectivity index (χ1v) is 8.01. The molecule has 0 aliphatic heterocycles. The molecule has 1 aromatic heterocycles. The van der Waals surface area contributed by atoms with Gasteiger partial charge in [0.15, 0.2) is 0 Å². The summed E-state index contributed by atoms with van der Waals surface area (Å²) < 4.78 is 13.9. The summed E-state index contributed by atoms with van der Waals surface area (Å²) in [5, 5.41) is 6.15. The number of ether oxygens (including phenoxy) is 2. The van der Waals surface area contributed by atoms with Crippen LogP contribution in [0, 0.1) is 0 Å². The Bertz CT molecular complexity index is 747. The molecule has 10 heteroatoms. The van der Waals surface area contributed by atoms with Gasteiger partial charge in [-0.3, -0.25) is 5.32 Å². The number of carbonyl (C=O) groups excluding carboxylic acids is 2. The Labute approximate surface area is 147 Å². The fourth-order valence-electron chi connectivity index (χ4n) is 1.68. The average molecular weight is 364 g/mol. The fraction of sp³-hybridized carbons (Fsp3) is 0.267. The van der Waals surface area contributed by atoms with Crippen molar-refractivity contribution >= 4 is 34.4 Å². The van der Waals surface area contributed by atoms with Crippen molar-refractivity contribution in [3.63, 3.8) is 0 Å². The van der Waals surface area contributed by atoms with Gasteiger partial charge in [-0.2, -0.15) is 9.36 Å². The lowest BCUT2D eigenvalue weighted by atomic mass is 10.2. The first-order chi connectivity index (χ1) is 12.1. The predicted molar refractivity (Wildman–Crippen MR) is 90.3 cm³/mol. The minimum Gasteiger partial charge on any atom is -0.461 e. The van der Waals surface area contributed by atoms with E-state index in [4.69, 9.17) is 9.47 Å². The number of carbonyl (C=O) groups is 2. The molecule has 0 atom stereocenters. The van der Waals surface area contributed by atoms with Crippen LogP contribution in [0.5, 0.6) is 0 Å². The molecule has 0 bridgehead atoms. The maximum absolute atomic E-state index is 11.8. The maximum atomic E-state index is 11.8. The first-order valence-electron chi connectivity index (χ1n) is 7.24. The van der Waals surface area contributed by atoms with E-state index >= 15 is 0 Å². The molecule has 132 valence electrons. The van der Waals surface area contributed by atoms with Gasteiger partial charge in [0.2, 0.25) is 16.7 Å². The molecule has 0 aliphatic rings. The third-order valence-corrected chi connectivity index (χ3v) is 3.34. The SMILES string of the molecule is CCOC(=O)/C(=N\OC)c1nsc(NC(=O)OCc2ccccc2)n1. The van der Waals surface area contributed by atoms with Crippen LogP contribution in [0.3, 0.4) is 0 Å². The van der Waals surface area contributed by atoms with Crippen molar-refractivity contribution in [2.75, 3.05) is 19.0 Å². The van der Waals surface area contributed by atoms with Gasteiger partial charge >= 0.3 is 12.1 Å². The van der Waals surface area contributed by atoms with E-state index in [1.54, 1.807) is 6.92 Å². The molecule has 0 spiro atoms. The van der Waals surface area contributed by atoms with E-state index in [0.717, 1.165) is 17.1 Å². The molecule has 0 aliphatic carbocycles. The standard InChI is InChI=1S/C15H16N4O5S/c1-3-23-13(20)11(18-22-2)12-16-14(25-19-12)17-15(21)24-9-10-7-5-4-6-8-10/h4-8H,3,9H2,1-2H3,(H,16,17,19,21)/b18-11-. The summed E-state index contributed by atoms with van der Waals surface area (Å²) in [6.45, 7) is 1.95. The first kappa shape index (κ1) is 18.3. The van der Waals surface area contributed by atoms with Gasteiger partial charge in [0.05, 0.1) is 6.61 Å². The lowest BCUT2D eigenvalue weighted by Crippen LogP contribution is -2.20. The molecular weight excluding hydrogens is 348 g/mol. The molecule has 2 rings (SSSR count). The summed E-state index contributed by atoms with van der Waals surface area (Å²) >= 11 is 0.872. The number of benzene rings is 1. The second-order valence-electron chi connectivity index (χ2n) is 4.45. The Morgan fingerprint density at radius 3 is 2.68 bits per heavy atom. The van der Waals surface area contributed by atoms with E-state index in [9.17, 15) is 9.59 Å². The Kier molecular flexibility index (Phi) is 6.84. The zero-order valence-corrected chi connectivity index (χ0v) is 14.4. The molecule has 1 N–H and O–H groups in total. The molecule has 1 amide bonds. The summed E-state index contributed by atoms with van der Waals surface area (Å²) in [6, 6.07) is 9.24. The number of nitrogens with zero attached hydrogens (tertiary/aromatic N) is 3. The average Bonchev–Trinajstić information content (AvgIpc) is 3.07. The van der Waals surface area contributed by atoms with Crippen LogP contribution in [0.2, 0.25) is 0 Å². The van der Waals surface area contributed by atoms with E-state index < -0.39 is 12.1 Å². The van der Waals surface area contributed by atoms with Crippen molar-refractivity contribution in [3.05, 3.63) is 41.7 Å². The van der Waals surface area contributed by atoms with Crippen LogP contribution in [0.25, 0.3) is 0 Å². The monoisotopic (exact) mass is 364 g/mol. The van der Waals surface area contributed by atoms with E-state index in [1.165, 1.54) is 7.11 Å². The van der Waals surface area contributed by atoms with Crippen LogP contribution in [-0.2, 0) is 25.7 Å². The molecule has 0 radical (unpaired) electrons. The van der Waals surface area contributed by atoms with Crippen molar-refractivity contribution in [3.8, 4) is 0 Å². The van der Waals surface area contributed by atoms with Crippen LogP contribution < -0.4 is 5.32 Å². The van der Waals surface area contributed by atoms with E-state index in [1.807, 2.05) is 30.3 Å². The maximum Gasteiger partial charge on any atom is 0.413 e. The molecule has 0 saturated carbocycles. The number of anilines is 1. The van der Waals surface area contributed by atoms with Gasteiger partial charge in [-0.05, 0) is 12.5 Å². The van der Waals surface area contributed by atoms with Crippen molar-refractivity contribution in [2.45, 2.75) is 13.5 Å². The molecule has 0 fully saturated rings. The third-order valence-electron chi connectivity index (χ3n) is 2.71. The Balaban J connectivity index is 1.96. The number of hydrogen-bond acceptors (Lipinski definition) is 9. The number of aromatic nitrogens is 2. The van der Waals surface area contributed by atoms with Crippen molar-refractivity contribution in [2.24, 2.45) is 5.16 Å². The highest BCUT2D eigenvalue weighted by atomic mass is 32.1. The molecule has 25 heavy (non-hydrogen) atoms. The topological polar surface area (TPSA) is 112 Å². The Morgan fingerprint density at radius 1 is 1.24 bits per heavy atom. The van der Waals surface area contributed by atoms with Gasteiger partial charge in [0.25, 0.3) is 0 Å². The van der Waals surface area contributed by atoms with Crippen LogP contribution >= 0.6 is 11.5 Å². The van der Waals surface area contributed by atoms with Gasteiger partial charge in [0.1, 0.15) is 13.7 Å². The second-order valence-corrected chi connectivity index (χ2v) is 5.20. The van der Waals surface area contributed by atoms with Gasteiger partial charge in [-0.15, -0.1) is 0 Å². The molecule has 2 aromatic rings. The van der Waals surface area contributed by atoms with Gasteiger partial charge in [-0.1, -0.05) is 35.5 Å². The number of oxime groups is 1. The van der Waals surface area contributed by atoms with Crippen molar-refractivity contribution in [1.82, 2.24) is 9.36 Å². The number of nitrogens with one attached hydrogen (secondary N) is 1. The number of hydrogen-bond donors (Lipinski definition) is 1. The minimum absolute atomic E-state index is 0.0105. The van der Waals surface area contributed by atoms with Crippen LogP contribution in [0.15, 0.2) is 35.5 Å². The summed E-state index contributed by atoms with van der Waals surface area (Å²) in [4.78, 5) is 32.2. The largest absolute Gasteiger partial charge is 0.461 e. The summed E-state index contributed by atoms with van der Waals surface area (Å²) in [7, 11) is 1.28. The molecule has 1 aromatic carbocycles. The molecular formula is C15H16N4O5S. The normalized spacial score (nSPS) is 10.9. The van der Waals surface area contributed by atoms with Crippen LogP contribution in [-0.4, -0.2) is 40.8 Å². The zero-order chi connectivity index (χ0) is 18.1. The zero-order valence-electron chi connectivity index (χ0n) is 13.6. The molecule has 9 nitrogen and oxygen atoms in total. The van der Waals surface area contributed by atoms with Crippen molar-refractivity contribution in [1.29, 1.82) is 0 Å². The van der Waals surface area contributed by atoms with Gasteiger partial charge < -0.3 is 14.3 Å². The Hall–Kier alpha value is -3.01. The Morgan fingerprint density at radius 2 is 2.00 bits per heavy atom. The van der Waals surface area contributed by atoms with E-state index in [2.05, 4.69) is 24.7 Å². The lowest BCUT2D eigenvalue weighted by Gasteiger charge is -2.04. The highest BCUT2D eigenvalue weighted by molar-refractivity contribution is 7.10. The minimum atomic E-state index is -0.722. The van der Waals surface area contributed by atoms with Crippen LogP contribution in [0.1, 0.15) is 18.3 Å². The number of esters is 1. The molecule has 0 saturated heterocycles. The van der Waals surface area contributed by atoms with E-state index in [0.29, 0.717) is 0 Å². The number of amides is 1. The summed E-state index contributed by atoms with van der Waals surface area (Å²) in [6.07, 6.45) is -0.687. The van der Waals surface area contributed by atoms with Gasteiger partial charge in [-0.25, -0.2) is 9.59 Å². The highest BCUT2D eigenvalue weighted by Gasteiger charge is 2.22. The van der Waals surface area contributed by atoms with Crippen LogP contribution in [0.4, 0.5) is 9.93 Å². The summed E-state index contributed by atoms with van der Waals surface area (Å²) in [5.74, 6) is -0.732. The lowest BCUT2D eigenvalue weighted by molar-refractivity contribution is -0.135. The van der Waals surface area contributed by atoms with Crippen molar-refractivity contribution < 1.29 is 23.9 Å². The number of rotatable bonds is 7. The summed E-state index contributed by atoms with van der Waals surface area (Å²) in [5.41, 5.74) is 0.665. The highest BCUT2D eigenvalue weighted by Crippen LogP contribution is 2.13. The molecule has 0 unspecified atom stereocenters. The third kappa shape index (κ3) is 5.53. The fourth-order valence-corrected chi connectivity index (χ4v) is 2.23. The smallest absolute Gasteiger partial charge is 0.413 e. The van der Waals surface area contributed by atoms with E-state index in [-0.39, 0.29) is 29.9 Å². The quantitative estimate of drug-likeness (QED) is 0.455. The predicted octanol–water partition coefficient (Wildman–Crippen LogP) is 2.20. The second kappa shape index (κ2) is 9.33. The molecule has 1 heterocycles. The van der Waals surface area contributed by atoms with Gasteiger partial charge in [0, 0.05) is 11.5 Å².